The van der Waals surface area contributed by atoms with Crippen molar-refractivity contribution >= 4 is 15.8 Å². The Morgan fingerprint density at radius 3 is 2.32 bits per heavy atom. The van der Waals surface area contributed by atoms with Crippen molar-refractivity contribution in [3.63, 3.8) is 0 Å². The molecule has 7 heteroatoms. The molecule has 2 rings (SSSR count). The first-order valence-electron chi connectivity index (χ1n) is 9.26. The first-order chi connectivity index (χ1) is 13.4. The summed E-state index contributed by atoms with van der Waals surface area (Å²) in [5, 5.41) is 6.46. The van der Waals surface area contributed by atoms with Gasteiger partial charge in [0.15, 0.2) is 5.96 Å². The second kappa shape index (κ2) is 10.7. The zero-order chi connectivity index (χ0) is 20.4. The second-order valence-electron chi connectivity index (χ2n) is 6.81. The van der Waals surface area contributed by atoms with E-state index in [2.05, 4.69) is 27.8 Å². The molecule has 0 saturated carbocycles. The fourth-order valence-electron chi connectivity index (χ4n) is 2.51. The number of hydrogen-bond acceptors (Lipinski definition) is 4. The van der Waals surface area contributed by atoms with Crippen LogP contribution in [0.25, 0.3) is 0 Å². The third-order valence-corrected chi connectivity index (χ3v) is 5.14. The minimum atomic E-state index is -2.95. The van der Waals surface area contributed by atoms with E-state index in [1.807, 2.05) is 49.4 Å². The van der Waals surface area contributed by atoms with E-state index in [9.17, 15) is 8.42 Å². The summed E-state index contributed by atoms with van der Waals surface area (Å²) in [7, 11) is -1.26. The number of sulfone groups is 1. The average Bonchev–Trinajstić information content (AvgIpc) is 2.69. The van der Waals surface area contributed by atoms with Crippen molar-refractivity contribution in [3.8, 4) is 5.75 Å². The summed E-state index contributed by atoms with van der Waals surface area (Å²) in [6.07, 6.45) is 1.79. The van der Waals surface area contributed by atoms with Gasteiger partial charge in [0.1, 0.15) is 22.2 Å². The highest BCUT2D eigenvalue weighted by Crippen LogP contribution is 2.12. The van der Waals surface area contributed by atoms with Gasteiger partial charge in [-0.1, -0.05) is 42.5 Å². The van der Waals surface area contributed by atoms with E-state index < -0.39 is 9.84 Å². The number of rotatable bonds is 9. The molecule has 2 N–H and O–H groups in total. The van der Waals surface area contributed by atoms with Crippen molar-refractivity contribution in [3.05, 3.63) is 65.7 Å². The standard InChI is InChI=1S/C21H29N3O3S/c1-17(13-14-28(3,25)26)24-21(22-2)23-15-18-9-11-19(12-10-18)16-27-20-7-5-4-6-8-20/h4-12,17H,13-16H2,1-3H3,(H2,22,23,24). The van der Waals surface area contributed by atoms with E-state index >= 15 is 0 Å². The molecule has 0 amide bonds. The number of guanidine groups is 1. The summed E-state index contributed by atoms with van der Waals surface area (Å²) in [6, 6.07) is 18.0. The molecule has 6 nitrogen and oxygen atoms in total. The molecule has 152 valence electrons. The Kier molecular flexibility index (Phi) is 8.32. The van der Waals surface area contributed by atoms with Crippen LogP contribution in [0.5, 0.6) is 5.75 Å². The highest BCUT2D eigenvalue weighted by atomic mass is 32.2. The molecule has 0 aromatic heterocycles. The summed E-state index contributed by atoms with van der Waals surface area (Å²) in [6.45, 7) is 3.09. The van der Waals surface area contributed by atoms with E-state index in [4.69, 9.17) is 4.74 Å². The van der Waals surface area contributed by atoms with Crippen molar-refractivity contribution in [2.24, 2.45) is 4.99 Å². The Bertz CT molecular complexity index is 850. The summed E-state index contributed by atoms with van der Waals surface area (Å²) in [5.41, 5.74) is 2.22. The van der Waals surface area contributed by atoms with E-state index in [-0.39, 0.29) is 11.8 Å². The average molecular weight is 404 g/mol. The van der Waals surface area contributed by atoms with Gasteiger partial charge in [-0.15, -0.1) is 0 Å². The molecule has 1 unspecified atom stereocenters. The van der Waals surface area contributed by atoms with Crippen LogP contribution in [-0.2, 0) is 23.0 Å². The van der Waals surface area contributed by atoms with Gasteiger partial charge in [-0.2, -0.15) is 0 Å². The molecule has 2 aromatic rings. The number of nitrogens with one attached hydrogen (secondary N) is 2. The van der Waals surface area contributed by atoms with Gasteiger partial charge < -0.3 is 15.4 Å². The lowest BCUT2D eigenvalue weighted by molar-refractivity contribution is 0.306. The number of para-hydroxylation sites is 1. The van der Waals surface area contributed by atoms with Gasteiger partial charge in [0, 0.05) is 25.9 Å². The molecule has 1 atom stereocenters. The molecule has 2 aromatic carbocycles. The molecule has 0 spiro atoms. The van der Waals surface area contributed by atoms with Crippen LogP contribution >= 0.6 is 0 Å². The molecule has 0 heterocycles. The quantitative estimate of drug-likeness (QED) is 0.497. The molecular weight excluding hydrogens is 374 g/mol. The fraction of sp³-hybridized carbons (Fsp3) is 0.381. The third-order valence-electron chi connectivity index (χ3n) is 4.16. The molecule has 0 bridgehead atoms. The summed E-state index contributed by atoms with van der Waals surface area (Å²) in [4.78, 5) is 4.19. The monoisotopic (exact) mass is 403 g/mol. The maximum atomic E-state index is 11.3. The van der Waals surface area contributed by atoms with Crippen molar-refractivity contribution in [2.75, 3.05) is 19.1 Å². The first kappa shape index (κ1) is 21.8. The highest BCUT2D eigenvalue weighted by molar-refractivity contribution is 7.90. The van der Waals surface area contributed by atoms with Crippen LogP contribution in [0.4, 0.5) is 0 Å². The number of aliphatic imine (C=N–C) groups is 1. The Morgan fingerprint density at radius 1 is 1.07 bits per heavy atom. The molecule has 0 fully saturated rings. The maximum Gasteiger partial charge on any atom is 0.191 e. The predicted octanol–water partition coefficient (Wildman–Crippen LogP) is 2.75. The maximum absolute atomic E-state index is 11.3. The Balaban J connectivity index is 1.77. The zero-order valence-electron chi connectivity index (χ0n) is 16.7. The predicted molar refractivity (Wildman–Crippen MR) is 114 cm³/mol. The van der Waals surface area contributed by atoms with E-state index in [0.717, 1.165) is 16.9 Å². The van der Waals surface area contributed by atoms with Crippen LogP contribution in [0.15, 0.2) is 59.6 Å². The van der Waals surface area contributed by atoms with Gasteiger partial charge >= 0.3 is 0 Å². The largest absolute Gasteiger partial charge is 0.489 e. The van der Waals surface area contributed by atoms with Gasteiger partial charge in [-0.3, -0.25) is 4.99 Å². The van der Waals surface area contributed by atoms with E-state index in [0.29, 0.717) is 25.5 Å². The molecule has 0 saturated heterocycles. The van der Waals surface area contributed by atoms with Crippen molar-refractivity contribution in [2.45, 2.75) is 32.5 Å². The van der Waals surface area contributed by atoms with Crippen molar-refractivity contribution < 1.29 is 13.2 Å². The number of hydrogen-bond donors (Lipinski definition) is 2. The normalized spacial score (nSPS) is 13.0. The van der Waals surface area contributed by atoms with Crippen LogP contribution in [0, 0.1) is 0 Å². The minimum Gasteiger partial charge on any atom is -0.489 e. The van der Waals surface area contributed by atoms with Crippen molar-refractivity contribution in [1.29, 1.82) is 0 Å². The molecule has 0 radical (unpaired) electrons. The lowest BCUT2D eigenvalue weighted by Gasteiger charge is -2.17. The topological polar surface area (TPSA) is 79.8 Å². The van der Waals surface area contributed by atoms with Gasteiger partial charge in [-0.25, -0.2) is 8.42 Å². The Morgan fingerprint density at radius 2 is 1.71 bits per heavy atom. The van der Waals surface area contributed by atoms with Gasteiger partial charge in [0.2, 0.25) is 0 Å². The van der Waals surface area contributed by atoms with Crippen LogP contribution in [0.3, 0.4) is 0 Å². The third kappa shape index (κ3) is 8.43. The summed E-state index contributed by atoms with van der Waals surface area (Å²) >= 11 is 0. The second-order valence-corrected chi connectivity index (χ2v) is 9.07. The van der Waals surface area contributed by atoms with Gasteiger partial charge in [0.05, 0.1) is 5.75 Å². The minimum absolute atomic E-state index is 0.0124. The molecule has 28 heavy (non-hydrogen) atoms. The van der Waals surface area contributed by atoms with Crippen LogP contribution in [-0.4, -0.2) is 39.5 Å². The summed E-state index contributed by atoms with van der Waals surface area (Å²) in [5.74, 6) is 1.66. The number of ether oxygens (including phenoxy) is 1. The van der Waals surface area contributed by atoms with E-state index in [1.165, 1.54) is 6.26 Å². The SMILES string of the molecule is CN=C(NCc1ccc(COc2ccccc2)cc1)NC(C)CCS(C)(=O)=O. The molecular formula is C21H29N3O3S. The van der Waals surface area contributed by atoms with Gasteiger partial charge in [-0.05, 0) is 36.6 Å². The lowest BCUT2D eigenvalue weighted by Crippen LogP contribution is -2.42. The van der Waals surface area contributed by atoms with Crippen LogP contribution < -0.4 is 15.4 Å². The lowest BCUT2D eigenvalue weighted by atomic mass is 10.1. The van der Waals surface area contributed by atoms with Crippen LogP contribution in [0.2, 0.25) is 0 Å². The van der Waals surface area contributed by atoms with Gasteiger partial charge in [0.25, 0.3) is 0 Å². The molecule has 0 aliphatic carbocycles. The first-order valence-corrected chi connectivity index (χ1v) is 11.3. The smallest absolute Gasteiger partial charge is 0.191 e. The van der Waals surface area contributed by atoms with E-state index in [1.54, 1.807) is 7.05 Å². The number of nitrogens with zero attached hydrogens (tertiary/aromatic N) is 1. The van der Waals surface area contributed by atoms with Crippen LogP contribution in [0.1, 0.15) is 24.5 Å². The zero-order valence-corrected chi connectivity index (χ0v) is 17.5. The van der Waals surface area contributed by atoms with Crippen molar-refractivity contribution in [1.82, 2.24) is 10.6 Å². The fourth-order valence-corrected chi connectivity index (χ4v) is 3.30. The molecule has 0 aliphatic rings. The number of benzene rings is 2. The Hall–Kier alpha value is -2.54. The summed E-state index contributed by atoms with van der Waals surface area (Å²) < 4.78 is 28.3. The highest BCUT2D eigenvalue weighted by Gasteiger charge is 2.09. The molecule has 0 aliphatic heterocycles. The Labute approximate surface area is 168 Å².